The molecule has 0 spiro atoms. The summed E-state index contributed by atoms with van der Waals surface area (Å²) in [7, 11) is 0. The molecule has 0 saturated carbocycles. The minimum absolute atomic E-state index is 0. The van der Waals surface area contributed by atoms with Crippen LogP contribution in [0.15, 0.2) is 16.9 Å². The number of halogens is 1. The number of pyridine rings is 2. The van der Waals surface area contributed by atoms with Crippen LogP contribution in [0.25, 0.3) is 22.3 Å². The molecule has 2 unspecified atom stereocenters. The van der Waals surface area contributed by atoms with Gasteiger partial charge in [-0.25, -0.2) is 9.37 Å². The summed E-state index contributed by atoms with van der Waals surface area (Å²) in [5.41, 5.74) is 5.26. The molecule has 1 N–H and O–H groups in total. The average Bonchev–Trinajstić information content (AvgIpc) is 3.20. The molecule has 0 radical (unpaired) electrons. The van der Waals surface area contributed by atoms with E-state index in [1.54, 1.807) is 11.5 Å². The van der Waals surface area contributed by atoms with Gasteiger partial charge in [-0.3, -0.25) is 9.59 Å². The van der Waals surface area contributed by atoms with Gasteiger partial charge >= 0.3 is 51.4 Å². The minimum atomic E-state index is -1.39. The number of nitrogens with zero attached hydrogens (tertiary/aromatic N) is 2. The van der Waals surface area contributed by atoms with E-state index in [0.29, 0.717) is 47.3 Å². The third-order valence-corrected chi connectivity index (χ3v) is 7.50. The van der Waals surface area contributed by atoms with E-state index in [-0.39, 0.29) is 81.8 Å². The van der Waals surface area contributed by atoms with E-state index in [1.807, 2.05) is 19.9 Å². The summed E-state index contributed by atoms with van der Waals surface area (Å²) in [6, 6.07) is 2.71. The average molecular weight is 518 g/mol. The van der Waals surface area contributed by atoms with Gasteiger partial charge in [-0.1, -0.05) is 13.8 Å². The predicted molar refractivity (Wildman–Crippen MR) is 124 cm³/mol. The zero-order valence-corrected chi connectivity index (χ0v) is 23.9. The van der Waals surface area contributed by atoms with E-state index in [9.17, 15) is 23.9 Å². The molecule has 5 rings (SSSR count). The first-order chi connectivity index (χ1) is 16.8. The molecule has 0 saturated heterocycles. The van der Waals surface area contributed by atoms with Crippen molar-refractivity contribution in [2.75, 3.05) is 0 Å². The second-order valence-electron chi connectivity index (χ2n) is 9.30. The number of benzene rings is 1. The molecule has 3 aromatic rings. The largest absolute Gasteiger partial charge is 1.00 e. The zero-order valence-electron chi connectivity index (χ0n) is 20.7. The van der Waals surface area contributed by atoms with Gasteiger partial charge in [0.05, 0.1) is 35.1 Å². The number of carbonyl (C=O) groups is 2. The van der Waals surface area contributed by atoms with Gasteiger partial charge in [0.15, 0.2) is 0 Å². The van der Waals surface area contributed by atoms with Crippen LogP contribution in [0, 0.1) is 12.7 Å². The molecule has 10 heteroatoms. The number of amides is 1. The molecule has 8 nitrogen and oxygen atoms in total. The van der Waals surface area contributed by atoms with Gasteiger partial charge in [-0.05, 0) is 60.4 Å². The van der Waals surface area contributed by atoms with Crippen molar-refractivity contribution in [1.29, 1.82) is 0 Å². The maximum absolute atomic E-state index is 14.8. The van der Waals surface area contributed by atoms with Crippen LogP contribution in [-0.4, -0.2) is 22.1 Å². The van der Waals surface area contributed by atoms with Gasteiger partial charge in [0.2, 0.25) is 0 Å². The van der Waals surface area contributed by atoms with Crippen LogP contribution in [0.2, 0.25) is 0 Å². The summed E-state index contributed by atoms with van der Waals surface area (Å²) in [4.78, 5) is 40.7. The molecule has 1 aliphatic heterocycles. The summed E-state index contributed by atoms with van der Waals surface area (Å²) in [6.45, 7) is 6.09. The van der Waals surface area contributed by atoms with Crippen molar-refractivity contribution in [2.24, 2.45) is 0 Å². The molecule has 1 aliphatic carbocycles. The molecule has 0 fully saturated rings. The standard InChI is InChI=1S/C26H26FN3O5.K/c1-4-12(2)15-7-21-24-16(9-30(21)25(32)17(15)10-35-11-31)23-19(29-26(33)34)6-5-14-13(3)18(27)8-20(28-24)22(14)23;/h7-8,11-12,19,29H,4-6,9-10H2,1-3H3,(H,33,34);/q;+1/p-1. The Morgan fingerprint density at radius 2 is 2.14 bits per heavy atom. The molecule has 2 aromatic heterocycles. The van der Waals surface area contributed by atoms with Crippen molar-refractivity contribution in [2.45, 2.75) is 65.1 Å². The van der Waals surface area contributed by atoms with Crippen LogP contribution in [0.5, 0.6) is 0 Å². The van der Waals surface area contributed by atoms with E-state index in [2.05, 4.69) is 5.32 Å². The number of ether oxygens (including phenoxy) is 1. The Morgan fingerprint density at radius 3 is 2.81 bits per heavy atom. The Hall–Kier alpha value is -2.11. The van der Waals surface area contributed by atoms with Crippen LogP contribution in [0.4, 0.5) is 9.18 Å². The first-order valence-corrected chi connectivity index (χ1v) is 11.7. The molecular formula is C26H25FKN3O5. The monoisotopic (exact) mass is 517 g/mol. The number of hydrogen-bond acceptors (Lipinski definition) is 6. The third kappa shape index (κ3) is 4.22. The number of carboxylic acid groups (broad SMARTS) is 1. The van der Waals surface area contributed by atoms with Gasteiger partial charge < -0.3 is 24.5 Å². The van der Waals surface area contributed by atoms with Crippen molar-refractivity contribution in [1.82, 2.24) is 14.9 Å². The molecule has 0 bridgehead atoms. The second-order valence-corrected chi connectivity index (χ2v) is 9.30. The smallest absolute Gasteiger partial charge is 0.530 e. The Labute approximate surface area is 249 Å². The minimum Gasteiger partial charge on any atom is -0.530 e. The van der Waals surface area contributed by atoms with Gasteiger partial charge in [0, 0.05) is 17.0 Å². The van der Waals surface area contributed by atoms with Crippen molar-refractivity contribution in [3.63, 3.8) is 0 Å². The Kier molecular flexibility index (Phi) is 7.73. The first-order valence-electron chi connectivity index (χ1n) is 11.7. The van der Waals surface area contributed by atoms with Crippen molar-refractivity contribution >= 4 is 23.5 Å². The number of aromatic nitrogens is 2. The summed E-state index contributed by atoms with van der Waals surface area (Å²) < 4.78 is 21.3. The summed E-state index contributed by atoms with van der Waals surface area (Å²) in [5.74, 6) is -0.338. The van der Waals surface area contributed by atoms with Crippen LogP contribution >= 0.6 is 0 Å². The van der Waals surface area contributed by atoms with E-state index in [4.69, 9.17) is 9.72 Å². The van der Waals surface area contributed by atoms with Crippen molar-refractivity contribution in [3.8, 4) is 11.4 Å². The molecule has 2 aliphatic rings. The normalized spacial score (nSPS) is 16.1. The number of rotatable bonds is 6. The fourth-order valence-electron chi connectivity index (χ4n) is 5.57. The fourth-order valence-corrected chi connectivity index (χ4v) is 5.57. The maximum atomic E-state index is 14.8. The Morgan fingerprint density at radius 1 is 1.39 bits per heavy atom. The van der Waals surface area contributed by atoms with E-state index in [0.717, 1.165) is 34.1 Å². The summed E-state index contributed by atoms with van der Waals surface area (Å²) in [5, 5.41) is 14.7. The van der Waals surface area contributed by atoms with Gasteiger partial charge in [-0.2, -0.15) is 0 Å². The third-order valence-electron chi connectivity index (χ3n) is 7.50. The Bertz CT molecular complexity index is 1470. The number of nitrogens with one attached hydrogen (secondary N) is 1. The van der Waals surface area contributed by atoms with Crippen LogP contribution in [-0.2, 0) is 29.1 Å². The molecule has 182 valence electrons. The van der Waals surface area contributed by atoms with E-state index >= 15 is 0 Å². The molecule has 2 atom stereocenters. The first kappa shape index (κ1) is 26.9. The molecule has 1 aromatic carbocycles. The number of fused-ring (bicyclic) bond motifs is 4. The van der Waals surface area contributed by atoms with E-state index in [1.165, 1.54) is 6.07 Å². The van der Waals surface area contributed by atoms with Gasteiger partial charge in [-0.15, -0.1) is 0 Å². The molecular weight excluding hydrogens is 492 g/mol. The van der Waals surface area contributed by atoms with Crippen LogP contribution < -0.4 is 67.4 Å². The molecule has 36 heavy (non-hydrogen) atoms. The predicted octanol–water partition coefficient (Wildman–Crippen LogP) is -0.0166. The summed E-state index contributed by atoms with van der Waals surface area (Å²) >= 11 is 0. The van der Waals surface area contributed by atoms with Crippen molar-refractivity contribution < 1.29 is 75.2 Å². The quantitative estimate of drug-likeness (QED) is 0.284. The number of aryl methyl sites for hydroxylation is 1. The SMILES string of the molecule is CCC(C)c1cc2n(c(=O)c1COC=O)Cc1c-2nc2cc(F)c(C)c3c2c1C(NC(=O)[O-])CC3.[K+]. The Balaban J connectivity index is 0.00000304. The van der Waals surface area contributed by atoms with Gasteiger partial charge in [0.1, 0.15) is 18.5 Å². The fraction of sp³-hybridized carbons (Fsp3) is 0.385. The second kappa shape index (κ2) is 10.3. The molecule has 1 amide bonds. The topological polar surface area (TPSA) is 113 Å². The van der Waals surface area contributed by atoms with Crippen LogP contribution in [0.3, 0.4) is 0 Å². The number of hydrogen-bond donors (Lipinski definition) is 1. The van der Waals surface area contributed by atoms with Gasteiger partial charge in [0.25, 0.3) is 12.0 Å². The van der Waals surface area contributed by atoms with E-state index < -0.39 is 12.1 Å². The molecule has 3 heterocycles. The van der Waals surface area contributed by atoms with Crippen molar-refractivity contribution in [3.05, 3.63) is 61.7 Å². The van der Waals surface area contributed by atoms with Crippen LogP contribution in [0.1, 0.15) is 72.0 Å². The zero-order chi connectivity index (χ0) is 25.0. The maximum Gasteiger partial charge on any atom is 1.00 e. The number of carbonyl (C=O) groups excluding carboxylic acids is 2. The summed E-state index contributed by atoms with van der Waals surface area (Å²) in [6.07, 6.45) is 0.317.